The van der Waals surface area contributed by atoms with Crippen LogP contribution in [-0.4, -0.2) is 48.3 Å². The average Bonchev–Trinajstić information content (AvgIpc) is 3.41. The van der Waals surface area contributed by atoms with Crippen molar-refractivity contribution >= 4 is 0 Å². The van der Waals surface area contributed by atoms with E-state index >= 15 is 0 Å². The van der Waals surface area contributed by atoms with Gasteiger partial charge in [-0.1, -0.05) is 30.3 Å². The number of hydrogen-bond acceptors (Lipinski definition) is 5. The maximum atomic E-state index is 5.61. The van der Waals surface area contributed by atoms with Crippen molar-refractivity contribution < 1.29 is 14.2 Å². The van der Waals surface area contributed by atoms with Gasteiger partial charge >= 0.3 is 0 Å². The fraction of sp³-hybridized carbons (Fsp3) is 0.400. The summed E-state index contributed by atoms with van der Waals surface area (Å²) in [6, 6.07) is 16.5. The highest BCUT2D eigenvalue weighted by Gasteiger charge is 2.20. The Morgan fingerprint density at radius 1 is 1.03 bits per heavy atom. The molecule has 2 aliphatic heterocycles. The van der Waals surface area contributed by atoms with Gasteiger partial charge in [-0.2, -0.15) is 5.10 Å². The number of fused-ring (bicyclic) bond motifs is 1. The third kappa shape index (κ3) is 4.75. The first-order valence-corrected chi connectivity index (χ1v) is 11.0. The molecular formula is C25H29N3O3. The van der Waals surface area contributed by atoms with Gasteiger partial charge in [-0.25, -0.2) is 0 Å². The highest BCUT2D eigenvalue weighted by atomic mass is 16.7. The van der Waals surface area contributed by atoms with Crippen molar-refractivity contribution in [1.82, 2.24) is 14.7 Å². The van der Waals surface area contributed by atoms with Crippen molar-refractivity contribution in [3.8, 4) is 22.8 Å². The number of hydrogen-bond donors (Lipinski definition) is 0. The van der Waals surface area contributed by atoms with E-state index < -0.39 is 0 Å². The zero-order valence-electron chi connectivity index (χ0n) is 18.0. The zero-order valence-corrected chi connectivity index (χ0v) is 18.0. The molecule has 3 aromatic rings. The van der Waals surface area contributed by atoms with E-state index in [1.54, 1.807) is 0 Å². The van der Waals surface area contributed by atoms with Crippen molar-refractivity contribution in [2.75, 3.05) is 33.6 Å². The lowest BCUT2D eigenvalue weighted by Gasteiger charge is -2.27. The molecule has 1 fully saturated rings. The average molecular weight is 420 g/mol. The van der Waals surface area contributed by atoms with Crippen LogP contribution in [0.1, 0.15) is 24.0 Å². The van der Waals surface area contributed by atoms with E-state index in [2.05, 4.69) is 48.5 Å². The van der Waals surface area contributed by atoms with Gasteiger partial charge in [0.25, 0.3) is 0 Å². The fourth-order valence-corrected chi connectivity index (χ4v) is 4.44. The van der Waals surface area contributed by atoms with E-state index in [4.69, 9.17) is 19.3 Å². The molecule has 0 bridgehead atoms. The van der Waals surface area contributed by atoms with Gasteiger partial charge < -0.3 is 19.1 Å². The third-order valence-corrected chi connectivity index (χ3v) is 6.02. The molecule has 31 heavy (non-hydrogen) atoms. The maximum absolute atomic E-state index is 5.61. The number of rotatable bonds is 7. The number of aromatic nitrogens is 2. The standard InChI is InChI=1S/C25H29N3O3/c1-27(14-20-9-11-29-12-10-20)16-22-17-28(15-19-5-3-2-4-6-19)26-25(22)21-7-8-23-24(13-21)31-18-30-23/h2-8,13,17,20H,9-12,14-16,18H2,1H3. The minimum Gasteiger partial charge on any atom is -0.454 e. The van der Waals surface area contributed by atoms with Crippen LogP contribution in [0.15, 0.2) is 54.7 Å². The predicted molar refractivity (Wildman–Crippen MR) is 119 cm³/mol. The molecular weight excluding hydrogens is 390 g/mol. The van der Waals surface area contributed by atoms with Crippen molar-refractivity contribution in [2.24, 2.45) is 5.92 Å². The van der Waals surface area contributed by atoms with Crippen molar-refractivity contribution in [1.29, 1.82) is 0 Å². The molecule has 0 amide bonds. The Labute approximate surface area is 183 Å². The summed E-state index contributed by atoms with van der Waals surface area (Å²) in [6.07, 6.45) is 4.48. The first-order chi connectivity index (χ1) is 15.2. The summed E-state index contributed by atoms with van der Waals surface area (Å²) in [5.74, 6) is 2.29. The van der Waals surface area contributed by atoms with Crippen LogP contribution < -0.4 is 9.47 Å². The normalized spacial score (nSPS) is 16.2. The van der Waals surface area contributed by atoms with Crippen LogP contribution in [-0.2, 0) is 17.8 Å². The molecule has 1 saturated heterocycles. The molecule has 0 unspecified atom stereocenters. The van der Waals surface area contributed by atoms with Gasteiger partial charge in [0.1, 0.15) is 0 Å². The summed E-state index contributed by atoms with van der Waals surface area (Å²) in [6.45, 7) is 4.74. The summed E-state index contributed by atoms with van der Waals surface area (Å²) in [7, 11) is 2.20. The molecule has 0 spiro atoms. The second-order valence-electron chi connectivity index (χ2n) is 8.51. The Hall–Kier alpha value is -2.83. The summed E-state index contributed by atoms with van der Waals surface area (Å²) in [5, 5.41) is 4.97. The lowest BCUT2D eigenvalue weighted by Crippen LogP contribution is -2.29. The molecule has 0 atom stereocenters. The largest absolute Gasteiger partial charge is 0.454 e. The number of nitrogens with zero attached hydrogens (tertiary/aromatic N) is 3. The Kier molecular flexibility index (Phi) is 5.91. The van der Waals surface area contributed by atoms with Gasteiger partial charge in [-0.05, 0) is 49.6 Å². The second-order valence-corrected chi connectivity index (χ2v) is 8.51. The summed E-state index contributed by atoms with van der Waals surface area (Å²) in [4.78, 5) is 2.41. The van der Waals surface area contributed by atoms with Gasteiger partial charge in [-0.15, -0.1) is 0 Å². The molecule has 2 aliphatic rings. The van der Waals surface area contributed by atoms with Gasteiger partial charge in [0, 0.05) is 43.6 Å². The van der Waals surface area contributed by atoms with Gasteiger partial charge in [0.2, 0.25) is 6.79 Å². The quantitative estimate of drug-likeness (QED) is 0.575. The Morgan fingerprint density at radius 3 is 2.68 bits per heavy atom. The van der Waals surface area contributed by atoms with Crippen LogP contribution in [0.3, 0.4) is 0 Å². The highest BCUT2D eigenvalue weighted by Crippen LogP contribution is 2.36. The van der Waals surface area contributed by atoms with Crippen LogP contribution in [0.5, 0.6) is 11.5 Å². The molecule has 0 N–H and O–H groups in total. The highest BCUT2D eigenvalue weighted by molar-refractivity contribution is 5.67. The lowest BCUT2D eigenvalue weighted by atomic mass is 9.99. The molecule has 162 valence electrons. The third-order valence-electron chi connectivity index (χ3n) is 6.02. The molecule has 5 rings (SSSR count). The molecule has 2 aromatic carbocycles. The smallest absolute Gasteiger partial charge is 0.231 e. The fourth-order valence-electron chi connectivity index (χ4n) is 4.44. The second kappa shape index (κ2) is 9.12. The van der Waals surface area contributed by atoms with Crippen LogP contribution >= 0.6 is 0 Å². The summed E-state index contributed by atoms with van der Waals surface area (Å²) >= 11 is 0. The van der Waals surface area contributed by atoms with E-state index in [0.29, 0.717) is 5.92 Å². The summed E-state index contributed by atoms with van der Waals surface area (Å²) < 4.78 is 18.7. The Morgan fingerprint density at radius 2 is 1.84 bits per heavy atom. The van der Waals surface area contributed by atoms with E-state index in [-0.39, 0.29) is 6.79 Å². The molecule has 3 heterocycles. The first kappa shape index (κ1) is 20.1. The maximum Gasteiger partial charge on any atom is 0.231 e. The lowest BCUT2D eigenvalue weighted by molar-refractivity contribution is 0.0550. The topological polar surface area (TPSA) is 48.8 Å². The SMILES string of the molecule is CN(Cc1cn(Cc2ccccc2)nc1-c1ccc2c(c1)OCO2)CC1CCOCC1. The van der Waals surface area contributed by atoms with Gasteiger partial charge in [0.15, 0.2) is 11.5 Å². The Bertz CT molecular complexity index is 1010. The van der Waals surface area contributed by atoms with Crippen LogP contribution in [0.4, 0.5) is 0 Å². The van der Waals surface area contributed by atoms with Gasteiger partial charge in [0.05, 0.1) is 12.2 Å². The molecule has 1 aromatic heterocycles. The van der Waals surface area contributed by atoms with E-state index in [1.807, 2.05) is 22.9 Å². The van der Waals surface area contributed by atoms with E-state index in [0.717, 1.165) is 68.4 Å². The minimum absolute atomic E-state index is 0.280. The Balaban J connectivity index is 1.40. The van der Waals surface area contributed by atoms with Crippen molar-refractivity contribution in [3.63, 3.8) is 0 Å². The molecule has 6 heteroatoms. The predicted octanol–water partition coefficient (Wildman–Crippen LogP) is 4.19. The van der Waals surface area contributed by atoms with Crippen LogP contribution in [0, 0.1) is 5.92 Å². The molecule has 6 nitrogen and oxygen atoms in total. The first-order valence-electron chi connectivity index (χ1n) is 11.0. The van der Waals surface area contributed by atoms with Gasteiger partial charge in [-0.3, -0.25) is 4.68 Å². The van der Waals surface area contributed by atoms with E-state index in [1.165, 1.54) is 11.1 Å². The number of benzene rings is 2. The monoisotopic (exact) mass is 419 g/mol. The van der Waals surface area contributed by atoms with Crippen molar-refractivity contribution in [2.45, 2.75) is 25.9 Å². The molecule has 0 radical (unpaired) electrons. The molecule has 0 aliphatic carbocycles. The molecule has 0 saturated carbocycles. The van der Waals surface area contributed by atoms with E-state index in [9.17, 15) is 0 Å². The minimum atomic E-state index is 0.280. The summed E-state index contributed by atoms with van der Waals surface area (Å²) in [5.41, 5.74) is 4.53. The van der Waals surface area contributed by atoms with Crippen LogP contribution in [0.2, 0.25) is 0 Å². The van der Waals surface area contributed by atoms with Crippen molar-refractivity contribution in [3.05, 3.63) is 65.9 Å². The number of ether oxygens (including phenoxy) is 3. The van der Waals surface area contributed by atoms with Crippen LogP contribution in [0.25, 0.3) is 11.3 Å². The zero-order chi connectivity index (χ0) is 21.0.